The van der Waals surface area contributed by atoms with Crippen molar-refractivity contribution >= 4 is 35.6 Å². The quantitative estimate of drug-likeness (QED) is 0.0186. The summed E-state index contributed by atoms with van der Waals surface area (Å²) in [7, 11) is -4.49. The highest BCUT2D eigenvalue weighted by Crippen LogP contribution is 2.53. The molecular weight excluding hydrogens is 916 g/mol. The van der Waals surface area contributed by atoms with Gasteiger partial charge in [-0.3, -0.25) is 14.4 Å². The molecule has 3 aromatic rings. The second kappa shape index (κ2) is 27.4. The van der Waals surface area contributed by atoms with E-state index in [9.17, 15) is 19.2 Å². The van der Waals surface area contributed by atoms with Crippen LogP contribution in [0.2, 0.25) is 0 Å². The Labute approximate surface area is 412 Å². The molecule has 14 nitrogen and oxygen atoms in total. The highest BCUT2D eigenvalue weighted by atomic mass is 31.2. The molecule has 0 aliphatic heterocycles. The predicted molar refractivity (Wildman–Crippen MR) is 265 cm³/mol. The van der Waals surface area contributed by atoms with Crippen molar-refractivity contribution in [2.45, 2.75) is 97.1 Å². The largest absolute Gasteiger partial charge is 0.513 e. The zero-order valence-electron chi connectivity index (χ0n) is 40.7. The van der Waals surface area contributed by atoms with Crippen molar-refractivity contribution in [2.75, 3.05) is 52.9 Å². The molecular formula is C55H65O14P. The predicted octanol–water partition coefficient (Wildman–Crippen LogP) is 9.17. The van der Waals surface area contributed by atoms with Gasteiger partial charge in [0.05, 0.1) is 38.1 Å². The van der Waals surface area contributed by atoms with Crippen molar-refractivity contribution in [3.8, 4) is 36.2 Å². The third-order valence-electron chi connectivity index (χ3n) is 12.1. The molecule has 0 bridgehead atoms. The summed E-state index contributed by atoms with van der Waals surface area (Å²) in [6, 6.07) is 14.9. The van der Waals surface area contributed by atoms with Crippen molar-refractivity contribution in [3.63, 3.8) is 0 Å². The molecule has 0 spiro atoms. The van der Waals surface area contributed by atoms with Gasteiger partial charge in [-0.25, -0.2) is 4.79 Å². The van der Waals surface area contributed by atoms with Gasteiger partial charge in [-0.15, -0.1) is 19.4 Å². The lowest BCUT2D eigenvalue weighted by Gasteiger charge is -2.34. The molecule has 0 amide bonds. The first-order chi connectivity index (χ1) is 33.7. The lowest BCUT2D eigenvalue weighted by molar-refractivity contribution is -0.154. The first kappa shape index (κ1) is 54.9. The molecule has 2 fully saturated rings. The number of aryl methyl sites for hydroxylation is 4. The molecule has 0 saturated heterocycles. The van der Waals surface area contributed by atoms with Crippen molar-refractivity contribution in [1.29, 1.82) is 0 Å². The van der Waals surface area contributed by atoms with Crippen molar-refractivity contribution in [2.24, 2.45) is 11.8 Å². The van der Waals surface area contributed by atoms with E-state index in [0.29, 0.717) is 85.5 Å². The van der Waals surface area contributed by atoms with Gasteiger partial charge in [0.1, 0.15) is 50.1 Å². The fourth-order valence-corrected chi connectivity index (χ4v) is 11.8. The standard InChI is InChI=1S/C55H65O14P/c1-9-16-50(56)68-47-31-41(29-45(33-47)64-19-10-2)35-61-21-23-66-43-25-37(5)51(38(6)26-43)53(57)70(60,49-17-14-13-15-18-49)54(58)52-39(7)27-44(28-40(52)8)67-24-22-62-36-42-30-46(65-20-11-3)34-48(32-42)69-55(59)63-12-4/h2-3,9,12-15,17-18,25-28,41-42,45-48H,1,4,16,19-24,29-36H2,5-8H3. The minimum atomic E-state index is -4.49. The van der Waals surface area contributed by atoms with E-state index in [1.54, 1.807) is 82.3 Å². The fourth-order valence-electron chi connectivity index (χ4n) is 9.21. The Morgan fingerprint density at radius 1 is 0.643 bits per heavy atom. The number of hydrogen-bond acceptors (Lipinski definition) is 14. The summed E-state index contributed by atoms with van der Waals surface area (Å²) in [5.41, 5.74) is 0.832. The van der Waals surface area contributed by atoms with Crippen LogP contribution in [0.3, 0.4) is 0 Å². The third kappa shape index (κ3) is 15.5. The number of rotatable bonds is 26. The average molecular weight is 981 g/mol. The van der Waals surface area contributed by atoms with E-state index in [-0.39, 0.29) is 98.6 Å². The van der Waals surface area contributed by atoms with Crippen LogP contribution in [0.4, 0.5) is 4.79 Å². The summed E-state index contributed by atoms with van der Waals surface area (Å²) in [6.45, 7) is 15.9. The minimum absolute atomic E-state index is 0.0206. The molecule has 374 valence electrons. The molecule has 2 saturated carbocycles. The number of ether oxygens (including phenoxy) is 9. The van der Waals surface area contributed by atoms with E-state index in [0.717, 1.165) is 6.26 Å². The van der Waals surface area contributed by atoms with E-state index >= 15 is 4.57 Å². The number of hydrogen-bond donors (Lipinski definition) is 0. The van der Waals surface area contributed by atoms with Gasteiger partial charge >= 0.3 is 12.1 Å². The summed E-state index contributed by atoms with van der Waals surface area (Å²) < 4.78 is 66.8. The Bertz CT molecular complexity index is 2240. The number of benzene rings is 3. The fraction of sp³-hybridized carbons (Fsp3) is 0.455. The van der Waals surface area contributed by atoms with E-state index in [1.165, 1.54) is 6.08 Å². The maximum absolute atomic E-state index is 15.4. The molecule has 7 unspecified atom stereocenters. The molecule has 5 rings (SSSR count). The summed E-state index contributed by atoms with van der Waals surface area (Å²) in [4.78, 5) is 53.6. The third-order valence-corrected chi connectivity index (χ3v) is 14.7. The van der Waals surface area contributed by atoms with Gasteiger partial charge in [0.25, 0.3) is 0 Å². The average Bonchev–Trinajstić information content (AvgIpc) is 3.32. The maximum atomic E-state index is 15.4. The zero-order chi connectivity index (χ0) is 50.6. The molecule has 2 aliphatic rings. The summed E-state index contributed by atoms with van der Waals surface area (Å²) >= 11 is 0. The lowest BCUT2D eigenvalue weighted by atomic mass is 9.85. The minimum Gasteiger partial charge on any atom is -0.491 e. The second-order valence-corrected chi connectivity index (χ2v) is 20.1. The van der Waals surface area contributed by atoms with E-state index in [4.69, 9.17) is 55.5 Å². The van der Waals surface area contributed by atoms with Gasteiger partial charge in [-0.1, -0.05) is 54.8 Å². The normalized spacial score (nSPS) is 20.6. The summed E-state index contributed by atoms with van der Waals surface area (Å²) in [5, 5.41) is 0.132. The van der Waals surface area contributed by atoms with Gasteiger partial charge in [0, 0.05) is 42.5 Å². The zero-order valence-corrected chi connectivity index (χ0v) is 41.5. The van der Waals surface area contributed by atoms with Crippen LogP contribution in [0, 0.1) is 64.2 Å². The van der Waals surface area contributed by atoms with Crippen molar-refractivity contribution in [3.05, 3.63) is 113 Å². The molecule has 0 heterocycles. The number of esters is 1. The Balaban J connectivity index is 1.20. The topological polar surface area (TPSA) is 168 Å². The van der Waals surface area contributed by atoms with E-state index in [1.807, 2.05) is 0 Å². The van der Waals surface area contributed by atoms with Gasteiger partial charge in [-0.2, -0.15) is 0 Å². The first-order valence-electron chi connectivity index (χ1n) is 23.5. The molecule has 15 heteroatoms. The molecule has 0 N–H and O–H groups in total. The molecule has 0 aromatic heterocycles. The number of terminal acetylenes is 2. The second-order valence-electron chi connectivity index (χ2n) is 17.6. The molecule has 70 heavy (non-hydrogen) atoms. The highest BCUT2D eigenvalue weighted by Gasteiger charge is 2.45. The van der Waals surface area contributed by atoms with Gasteiger partial charge in [-0.05, 0) is 112 Å². The molecule has 7 atom stereocenters. The van der Waals surface area contributed by atoms with E-state index < -0.39 is 30.4 Å². The summed E-state index contributed by atoms with van der Waals surface area (Å²) in [5.74, 6) is 5.68. The van der Waals surface area contributed by atoms with Crippen LogP contribution in [0.1, 0.15) is 87.9 Å². The highest BCUT2D eigenvalue weighted by molar-refractivity contribution is 8.01. The van der Waals surface area contributed by atoms with Crippen molar-refractivity contribution in [1.82, 2.24) is 0 Å². The van der Waals surface area contributed by atoms with Gasteiger partial charge < -0.3 is 47.2 Å². The van der Waals surface area contributed by atoms with Crippen LogP contribution >= 0.6 is 7.14 Å². The van der Waals surface area contributed by atoms with Gasteiger partial charge in [0.15, 0.2) is 0 Å². The maximum Gasteiger partial charge on any atom is 0.513 e. The molecule has 3 aromatic carbocycles. The monoisotopic (exact) mass is 980 g/mol. The summed E-state index contributed by atoms with van der Waals surface area (Å²) in [6.07, 6.45) is 15.1. The van der Waals surface area contributed by atoms with Crippen LogP contribution in [0.5, 0.6) is 11.5 Å². The van der Waals surface area contributed by atoms with Crippen LogP contribution < -0.4 is 14.8 Å². The Hall–Kier alpha value is -5.99. The van der Waals surface area contributed by atoms with Crippen LogP contribution in [0.15, 0.2) is 80.1 Å². The number of carbonyl (C=O) groups is 4. The smallest absolute Gasteiger partial charge is 0.491 e. The van der Waals surface area contributed by atoms with Gasteiger partial charge in [0.2, 0.25) is 18.2 Å². The molecule has 2 aliphatic carbocycles. The van der Waals surface area contributed by atoms with Crippen LogP contribution in [-0.2, 0) is 42.5 Å². The van der Waals surface area contributed by atoms with Crippen LogP contribution in [0.25, 0.3) is 0 Å². The van der Waals surface area contributed by atoms with Crippen molar-refractivity contribution < 1.29 is 66.4 Å². The van der Waals surface area contributed by atoms with E-state index in [2.05, 4.69) is 25.0 Å². The SMILES string of the molecule is C#CCOC1CC(COCCOc2cc(C)c(C(=O)P(=O)(C(=O)c3c(C)cc(OCCOCC4CC(OCC#C)CC(OC(=O)OC=C)C4)cc3C)c3ccccc3)c(C)c2)CC(OC(=O)CC=C)C1. The molecule has 0 radical (unpaired) electrons. The lowest BCUT2D eigenvalue weighted by Crippen LogP contribution is -2.36. The number of carbonyl (C=O) groups excluding carboxylic acids is 4. The Morgan fingerprint density at radius 3 is 1.51 bits per heavy atom. The Morgan fingerprint density at radius 2 is 1.09 bits per heavy atom. The Kier molecular flexibility index (Phi) is 21.5. The first-order valence-corrected chi connectivity index (χ1v) is 25.2. The van der Waals surface area contributed by atoms with Crippen LogP contribution in [-0.4, -0.2) is 100 Å².